The number of nitrogens with zero attached hydrogens (tertiary/aromatic N) is 1. The molecule has 0 bridgehead atoms. The lowest BCUT2D eigenvalue weighted by atomic mass is 10.2. The maximum absolute atomic E-state index is 6.04. The van der Waals surface area contributed by atoms with Crippen LogP contribution >= 0.6 is 11.6 Å². The minimum absolute atomic E-state index is 0.508. The molecule has 0 aliphatic carbocycles. The van der Waals surface area contributed by atoms with E-state index in [4.69, 9.17) is 17.4 Å². The van der Waals surface area contributed by atoms with E-state index in [2.05, 4.69) is 15.7 Å². The number of aliphatic imine (C=N–C) groups is 1. The Morgan fingerprint density at radius 2 is 2.27 bits per heavy atom. The van der Waals surface area contributed by atoms with Crippen molar-refractivity contribution in [2.45, 2.75) is 13.8 Å². The van der Waals surface area contributed by atoms with Crippen molar-refractivity contribution >= 4 is 23.2 Å². The molecule has 0 heterocycles. The number of hydrazine groups is 1. The Bertz CT molecular complexity index is 342. The predicted octanol–water partition coefficient (Wildman–Crippen LogP) is 1.90. The van der Waals surface area contributed by atoms with Crippen molar-refractivity contribution in [2.75, 3.05) is 11.9 Å². The molecule has 15 heavy (non-hydrogen) atoms. The summed E-state index contributed by atoms with van der Waals surface area (Å²) in [4.78, 5) is 4.13. The van der Waals surface area contributed by atoms with Crippen molar-refractivity contribution in [3.8, 4) is 0 Å². The number of nitrogens with two attached hydrogens (primary N) is 1. The fourth-order valence-corrected chi connectivity index (χ4v) is 1.46. The standard InChI is InChI=1S/C10H15ClN4/c1-3-13-10(15-12)14-9-7(2)5-4-6-8(9)11/h4-6H,3,12H2,1-2H3,(H2,13,14,15). The normalized spacial score (nSPS) is 11.3. The average Bonchev–Trinajstić information content (AvgIpc) is 2.22. The molecule has 0 atom stereocenters. The molecule has 0 aromatic heterocycles. The summed E-state index contributed by atoms with van der Waals surface area (Å²) in [7, 11) is 0. The van der Waals surface area contributed by atoms with Gasteiger partial charge in [0, 0.05) is 6.54 Å². The van der Waals surface area contributed by atoms with Crippen LogP contribution < -0.4 is 16.6 Å². The van der Waals surface area contributed by atoms with Gasteiger partial charge in [0.15, 0.2) is 0 Å². The van der Waals surface area contributed by atoms with Gasteiger partial charge in [0.25, 0.3) is 0 Å². The highest BCUT2D eigenvalue weighted by molar-refractivity contribution is 6.33. The zero-order valence-corrected chi connectivity index (χ0v) is 9.60. The lowest BCUT2D eigenvalue weighted by Crippen LogP contribution is -2.36. The zero-order chi connectivity index (χ0) is 11.3. The Hall–Kier alpha value is -1.26. The van der Waals surface area contributed by atoms with Crippen molar-refractivity contribution in [2.24, 2.45) is 10.8 Å². The Balaban J connectivity index is 2.93. The SMILES string of the molecule is CCN=C(NN)Nc1c(C)cccc1Cl. The molecule has 0 spiro atoms. The number of benzene rings is 1. The number of anilines is 1. The maximum atomic E-state index is 6.04. The molecule has 0 fully saturated rings. The summed E-state index contributed by atoms with van der Waals surface area (Å²) in [5, 5.41) is 3.70. The highest BCUT2D eigenvalue weighted by atomic mass is 35.5. The Morgan fingerprint density at radius 3 is 2.80 bits per heavy atom. The van der Waals surface area contributed by atoms with Crippen LogP contribution in [0.25, 0.3) is 0 Å². The first-order chi connectivity index (χ1) is 7.19. The molecule has 5 heteroatoms. The first-order valence-electron chi connectivity index (χ1n) is 4.72. The Kier molecular flexibility index (Phi) is 4.39. The molecule has 0 saturated carbocycles. The third-order valence-electron chi connectivity index (χ3n) is 1.92. The number of nitrogens with one attached hydrogen (secondary N) is 2. The smallest absolute Gasteiger partial charge is 0.210 e. The predicted molar refractivity (Wildman–Crippen MR) is 65.1 cm³/mol. The molecule has 0 aliphatic heterocycles. The average molecular weight is 227 g/mol. The van der Waals surface area contributed by atoms with Crippen LogP contribution in [-0.2, 0) is 0 Å². The Morgan fingerprint density at radius 1 is 1.53 bits per heavy atom. The molecule has 1 aromatic rings. The molecule has 1 rings (SSSR count). The van der Waals surface area contributed by atoms with E-state index in [1.807, 2.05) is 32.0 Å². The van der Waals surface area contributed by atoms with E-state index < -0.39 is 0 Å². The third kappa shape index (κ3) is 3.11. The molecule has 0 amide bonds. The lowest BCUT2D eigenvalue weighted by Gasteiger charge is -2.12. The van der Waals surface area contributed by atoms with Crippen molar-refractivity contribution in [3.63, 3.8) is 0 Å². The summed E-state index contributed by atoms with van der Waals surface area (Å²) in [5.74, 6) is 5.83. The molecule has 0 radical (unpaired) electrons. The highest BCUT2D eigenvalue weighted by Gasteiger charge is 2.05. The van der Waals surface area contributed by atoms with Gasteiger partial charge in [-0.2, -0.15) is 0 Å². The van der Waals surface area contributed by atoms with E-state index in [1.165, 1.54) is 0 Å². The number of aryl methyl sites for hydroxylation is 1. The number of para-hydroxylation sites is 1. The quantitative estimate of drug-likeness (QED) is 0.312. The van der Waals surface area contributed by atoms with Gasteiger partial charge in [-0.1, -0.05) is 23.7 Å². The summed E-state index contributed by atoms with van der Waals surface area (Å²) in [5.41, 5.74) is 4.35. The second-order valence-electron chi connectivity index (χ2n) is 3.02. The van der Waals surface area contributed by atoms with E-state index in [0.29, 0.717) is 17.5 Å². The second-order valence-corrected chi connectivity index (χ2v) is 3.43. The summed E-state index contributed by atoms with van der Waals surface area (Å²) >= 11 is 6.04. The first-order valence-corrected chi connectivity index (χ1v) is 5.10. The summed E-state index contributed by atoms with van der Waals surface area (Å²) in [6.45, 7) is 4.54. The van der Waals surface area contributed by atoms with Crippen LogP contribution in [-0.4, -0.2) is 12.5 Å². The molecular formula is C10H15ClN4. The number of hydrogen-bond donors (Lipinski definition) is 3. The molecular weight excluding hydrogens is 212 g/mol. The van der Waals surface area contributed by atoms with Crippen molar-refractivity contribution < 1.29 is 0 Å². The molecule has 0 saturated heterocycles. The van der Waals surface area contributed by atoms with Gasteiger partial charge < -0.3 is 5.32 Å². The Labute approximate surface area is 94.5 Å². The highest BCUT2D eigenvalue weighted by Crippen LogP contribution is 2.24. The van der Waals surface area contributed by atoms with Crippen LogP contribution in [0.2, 0.25) is 5.02 Å². The van der Waals surface area contributed by atoms with E-state index in [0.717, 1.165) is 11.3 Å². The van der Waals surface area contributed by atoms with Crippen LogP contribution in [0.3, 0.4) is 0 Å². The van der Waals surface area contributed by atoms with Crippen molar-refractivity contribution in [3.05, 3.63) is 28.8 Å². The summed E-state index contributed by atoms with van der Waals surface area (Å²) in [6.07, 6.45) is 0. The fourth-order valence-electron chi connectivity index (χ4n) is 1.19. The lowest BCUT2D eigenvalue weighted by molar-refractivity contribution is 0.985. The van der Waals surface area contributed by atoms with E-state index in [1.54, 1.807) is 0 Å². The van der Waals surface area contributed by atoms with Crippen LogP contribution in [0, 0.1) is 6.92 Å². The van der Waals surface area contributed by atoms with Crippen LogP contribution in [0.1, 0.15) is 12.5 Å². The van der Waals surface area contributed by atoms with Gasteiger partial charge in [-0.15, -0.1) is 0 Å². The van der Waals surface area contributed by atoms with Gasteiger partial charge in [0.1, 0.15) is 0 Å². The van der Waals surface area contributed by atoms with Crippen LogP contribution in [0.4, 0.5) is 5.69 Å². The number of rotatable bonds is 2. The number of guanidine groups is 1. The van der Waals surface area contributed by atoms with Crippen LogP contribution in [0.15, 0.2) is 23.2 Å². The summed E-state index contributed by atoms with van der Waals surface area (Å²) in [6, 6.07) is 5.68. The van der Waals surface area contributed by atoms with E-state index in [9.17, 15) is 0 Å². The topological polar surface area (TPSA) is 62.4 Å². The van der Waals surface area contributed by atoms with Gasteiger partial charge >= 0.3 is 0 Å². The van der Waals surface area contributed by atoms with Crippen LogP contribution in [0.5, 0.6) is 0 Å². The number of hydrogen-bond acceptors (Lipinski definition) is 2. The van der Waals surface area contributed by atoms with Gasteiger partial charge in [0.05, 0.1) is 10.7 Å². The van der Waals surface area contributed by atoms with Gasteiger partial charge in [-0.3, -0.25) is 10.4 Å². The van der Waals surface area contributed by atoms with Gasteiger partial charge in [-0.25, -0.2) is 5.84 Å². The maximum Gasteiger partial charge on any atom is 0.210 e. The molecule has 0 unspecified atom stereocenters. The van der Waals surface area contributed by atoms with E-state index in [-0.39, 0.29) is 0 Å². The molecule has 82 valence electrons. The van der Waals surface area contributed by atoms with Gasteiger partial charge in [-0.05, 0) is 25.5 Å². The molecule has 4 nitrogen and oxygen atoms in total. The van der Waals surface area contributed by atoms with Crippen molar-refractivity contribution in [1.29, 1.82) is 0 Å². The van der Waals surface area contributed by atoms with E-state index >= 15 is 0 Å². The number of halogens is 1. The van der Waals surface area contributed by atoms with Gasteiger partial charge in [0.2, 0.25) is 5.96 Å². The second kappa shape index (κ2) is 5.58. The fraction of sp³-hybridized carbons (Fsp3) is 0.300. The third-order valence-corrected chi connectivity index (χ3v) is 2.23. The summed E-state index contributed by atoms with van der Waals surface area (Å²) < 4.78 is 0. The first kappa shape index (κ1) is 11.8. The zero-order valence-electron chi connectivity index (χ0n) is 8.84. The molecule has 0 aliphatic rings. The van der Waals surface area contributed by atoms with Crippen molar-refractivity contribution in [1.82, 2.24) is 5.43 Å². The molecule has 1 aromatic carbocycles. The monoisotopic (exact) mass is 226 g/mol. The largest absolute Gasteiger partial charge is 0.324 e. The minimum atomic E-state index is 0.508. The molecule has 4 N–H and O–H groups in total. The minimum Gasteiger partial charge on any atom is -0.324 e.